The third kappa shape index (κ3) is 3.90. The van der Waals surface area contributed by atoms with Crippen molar-refractivity contribution in [3.05, 3.63) is 65.4 Å². The van der Waals surface area contributed by atoms with Crippen LogP contribution in [0.4, 0.5) is 0 Å². The van der Waals surface area contributed by atoms with Crippen molar-refractivity contribution in [1.82, 2.24) is 10.2 Å². The number of furan rings is 1. The number of amides is 1. The van der Waals surface area contributed by atoms with Gasteiger partial charge in [-0.25, -0.2) is 0 Å². The van der Waals surface area contributed by atoms with Gasteiger partial charge >= 0.3 is 0 Å². The molecule has 1 N–H and O–H groups in total. The third-order valence-corrected chi connectivity index (χ3v) is 5.52. The van der Waals surface area contributed by atoms with E-state index in [1.54, 1.807) is 7.11 Å². The summed E-state index contributed by atoms with van der Waals surface area (Å²) in [5.74, 6) is 1.03. The van der Waals surface area contributed by atoms with Crippen molar-refractivity contribution in [3.8, 4) is 5.75 Å². The van der Waals surface area contributed by atoms with Crippen LogP contribution < -0.4 is 10.1 Å². The summed E-state index contributed by atoms with van der Waals surface area (Å²) in [6, 6.07) is 16.3. The van der Waals surface area contributed by atoms with Gasteiger partial charge in [0.1, 0.15) is 11.3 Å². The average molecular weight is 378 g/mol. The lowest BCUT2D eigenvalue weighted by atomic mass is 10.0. The minimum absolute atomic E-state index is 0.130. The fourth-order valence-corrected chi connectivity index (χ4v) is 3.87. The number of carbonyl (C=O) groups is 1. The molecule has 0 radical (unpaired) electrons. The Morgan fingerprint density at radius 3 is 2.64 bits per heavy atom. The minimum atomic E-state index is -0.130. The summed E-state index contributed by atoms with van der Waals surface area (Å²) in [6.07, 6.45) is 1.90. The van der Waals surface area contributed by atoms with Gasteiger partial charge < -0.3 is 14.5 Å². The summed E-state index contributed by atoms with van der Waals surface area (Å²) in [4.78, 5) is 15.2. The Kier molecular flexibility index (Phi) is 5.35. The van der Waals surface area contributed by atoms with Crippen molar-refractivity contribution < 1.29 is 13.9 Å². The van der Waals surface area contributed by atoms with Gasteiger partial charge in [-0.1, -0.05) is 30.3 Å². The molecule has 2 heterocycles. The van der Waals surface area contributed by atoms with Crippen LogP contribution in [-0.2, 0) is 6.54 Å². The Labute approximate surface area is 165 Å². The first kappa shape index (κ1) is 18.6. The van der Waals surface area contributed by atoms with Crippen molar-refractivity contribution in [2.24, 2.45) is 0 Å². The number of methoxy groups -OCH3 is 1. The summed E-state index contributed by atoms with van der Waals surface area (Å²) < 4.78 is 11.1. The second-order valence-corrected chi connectivity index (χ2v) is 7.43. The molecule has 28 heavy (non-hydrogen) atoms. The number of carbonyl (C=O) groups excluding carboxylic acids is 1. The van der Waals surface area contributed by atoms with Gasteiger partial charge in [-0.05, 0) is 43.5 Å². The minimum Gasteiger partial charge on any atom is -0.497 e. The topological polar surface area (TPSA) is 54.7 Å². The zero-order valence-electron chi connectivity index (χ0n) is 16.4. The quantitative estimate of drug-likeness (QED) is 0.725. The largest absolute Gasteiger partial charge is 0.497 e. The molecular weight excluding hydrogens is 352 g/mol. The Morgan fingerprint density at radius 1 is 1.18 bits per heavy atom. The molecule has 3 aromatic rings. The van der Waals surface area contributed by atoms with Gasteiger partial charge in [0.15, 0.2) is 5.76 Å². The molecule has 4 rings (SSSR count). The summed E-state index contributed by atoms with van der Waals surface area (Å²) >= 11 is 0. The number of nitrogens with zero attached hydrogens (tertiary/aromatic N) is 1. The van der Waals surface area contributed by atoms with Crippen LogP contribution in [0, 0.1) is 6.92 Å². The molecule has 5 heteroatoms. The third-order valence-electron chi connectivity index (χ3n) is 5.52. The monoisotopic (exact) mass is 378 g/mol. The van der Waals surface area contributed by atoms with E-state index in [4.69, 9.17) is 9.15 Å². The number of nitrogens with one attached hydrogen (secondary N) is 1. The lowest BCUT2D eigenvalue weighted by Gasteiger charge is -2.32. The molecule has 1 amide bonds. The van der Waals surface area contributed by atoms with E-state index in [1.807, 2.05) is 31.2 Å². The Balaban J connectivity index is 1.37. The second kappa shape index (κ2) is 8.07. The van der Waals surface area contributed by atoms with Gasteiger partial charge in [0.2, 0.25) is 0 Å². The maximum atomic E-state index is 12.8. The normalized spacial score (nSPS) is 15.6. The SMILES string of the molecule is COc1ccc2oc(C(=O)NC3CCN(Cc4ccccc4)CC3)c(C)c2c1. The summed E-state index contributed by atoms with van der Waals surface area (Å²) in [5, 5.41) is 4.08. The lowest BCUT2D eigenvalue weighted by Crippen LogP contribution is -2.44. The summed E-state index contributed by atoms with van der Waals surface area (Å²) in [7, 11) is 1.63. The number of benzene rings is 2. The fraction of sp³-hybridized carbons (Fsp3) is 0.348. The first-order chi connectivity index (χ1) is 13.6. The van der Waals surface area contributed by atoms with Gasteiger partial charge in [0.05, 0.1) is 7.11 Å². The number of ether oxygens (including phenoxy) is 1. The molecule has 146 valence electrons. The number of piperidine rings is 1. The average Bonchev–Trinajstić information content (AvgIpc) is 3.06. The Hall–Kier alpha value is -2.79. The molecule has 0 aliphatic carbocycles. The van der Waals surface area contributed by atoms with Gasteiger partial charge in [-0.15, -0.1) is 0 Å². The van der Waals surface area contributed by atoms with Gasteiger partial charge in [0, 0.05) is 36.6 Å². The van der Waals surface area contributed by atoms with Crippen LogP contribution in [0.1, 0.15) is 34.5 Å². The van der Waals surface area contributed by atoms with Crippen LogP contribution in [0.15, 0.2) is 52.9 Å². The van der Waals surface area contributed by atoms with Gasteiger partial charge in [0.25, 0.3) is 5.91 Å². The molecule has 2 aromatic carbocycles. The predicted octanol–water partition coefficient (Wildman–Crippen LogP) is 4.14. The predicted molar refractivity (Wildman–Crippen MR) is 110 cm³/mol. The van der Waals surface area contributed by atoms with E-state index >= 15 is 0 Å². The Morgan fingerprint density at radius 2 is 1.93 bits per heavy atom. The van der Waals surface area contributed by atoms with Gasteiger partial charge in [-0.3, -0.25) is 9.69 Å². The smallest absolute Gasteiger partial charge is 0.287 e. The van der Waals surface area contributed by atoms with E-state index in [0.717, 1.165) is 49.2 Å². The van der Waals surface area contributed by atoms with E-state index in [1.165, 1.54) is 5.56 Å². The zero-order chi connectivity index (χ0) is 19.5. The highest BCUT2D eigenvalue weighted by molar-refractivity contribution is 5.99. The van der Waals surface area contributed by atoms with Crippen LogP contribution in [0.2, 0.25) is 0 Å². The molecule has 0 saturated carbocycles. The highest BCUT2D eigenvalue weighted by atomic mass is 16.5. The Bertz CT molecular complexity index is 957. The summed E-state index contributed by atoms with van der Waals surface area (Å²) in [6.45, 7) is 4.85. The van der Waals surface area contributed by atoms with E-state index < -0.39 is 0 Å². The number of fused-ring (bicyclic) bond motifs is 1. The molecule has 1 aliphatic heterocycles. The van der Waals surface area contributed by atoms with Crippen molar-refractivity contribution in [3.63, 3.8) is 0 Å². The molecular formula is C23H26N2O3. The van der Waals surface area contributed by atoms with E-state index in [2.05, 4.69) is 34.5 Å². The van der Waals surface area contributed by atoms with Gasteiger partial charge in [-0.2, -0.15) is 0 Å². The van der Waals surface area contributed by atoms with Crippen LogP contribution in [0.5, 0.6) is 5.75 Å². The number of aryl methyl sites for hydroxylation is 1. The van der Waals surface area contributed by atoms with Crippen molar-refractivity contribution in [2.45, 2.75) is 32.4 Å². The summed E-state index contributed by atoms with van der Waals surface area (Å²) in [5.41, 5.74) is 2.90. The molecule has 0 unspecified atom stereocenters. The van der Waals surface area contributed by atoms with Crippen molar-refractivity contribution in [1.29, 1.82) is 0 Å². The first-order valence-electron chi connectivity index (χ1n) is 9.78. The maximum absolute atomic E-state index is 12.8. The number of hydrogen-bond donors (Lipinski definition) is 1. The highest BCUT2D eigenvalue weighted by Gasteiger charge is 2.24. The first-order valence-corrected chi connectivity index (χ1v) is 9.78. The van der Waals surface area contributed by atoms with Crippen molar-refractivity contribution >= 4 is 16.9 Å². The van der Waals surface area contributed by atoms with Crippen LogP contribution in [0.3, 0.4) is 0 Å². The maximum Gasteiger partial charge on any atom is 0.287 e. The number of hydrogen-bond acceptors (Lipinski definition) is 4. The van der Waals surface area contributed by atoms with E-state index in [-0.39, 0.29) is 11.9 Å². The molecule has 5 nitrogen and oxygen atoms in total. The van der Waals surface area contributed by atoms with Crippen LogP contribution >= 0.6 is 0 Å². The van der Waals surface area contributed by atoms with Crippen LogP contribution in [-0.4, -0.2) is 37.0 Å². The number of likely N-dealkylation sites (tertiary alicyclic amines) is 1. The van der Waals surface area contributed by atoms with Crippen LogP contribution in [0.25, 0.3) is 11.0 Å². The molecule has 1 aliphatic rings. The standard InChI is InChI=1S/C23H26N2O3/c1-16-20-14-19(27-2)8-9-21(20)28-22(16)23(26)24-18-10-12-25(13-11-18)15-17-6-4-3-5-7-17/h3-9,14,18H,10-13,15H2,1-2H3,(H,24,26). The lowest BCUT2D eigenvalue weighted by molar-refractivity contribution is 0.0882. The molecule has 0 atom stereocenters. The molecule has 1 saturated heterocycles. The van der Waals surface area contributed by atoms with Crippen molar-refractivity contribution in [2.75, 3.05) is 20.2 Å². The van der Waals surface area contributed by atoms with E-state index in [0.29, 0.717) is 11.3 Å². The molecule has 1 fully saturated rings. The number of rotatable bonds is 5. The molecule has 0 bridgehead atoms. The highest BCUT2D eigenvalue weighted by Crippen LogP contribution is 2.29. The zero-order valence-corrected chi connectivity index (χ0v) is 16.4. The van der Waals surface area contributed by atoms with E-state index in [9.17, 15) is 4.79 Å². The second-order valence-electron chi connectivity index (χ2n) is 7.43. The molecule has 0 spiro atoms. The molecule has 1 aromatic heterocycles. The fourth-order valence-electron chi connectivity index (χ4n) is 3.87.